The summed E-state index contributed by atoms with van der Waals surface area (Å²) in [6.07, 6.45) is 6.42. The molecular formula is C40H62BrN7O7Si2. The van der Waals surface area contributed by atoms with Crippen molar-refractivity contribution in [2.45, 2.75) is 95.2 Å². The first-order valence-electron chi connectivity index (χ1n) is 19.8. The summed E-state index contributed by atoms with van der Waals surface area (Å²) >= 11 is 4.03. The molecule has 5 rings (SSSR count). The predicted molar refractivity (Wildman–Crippen MR) is 231 cm³/mol. The first kappa shape index (κ1) is 45.1. The van der Waals surface area contributed by atoms with Crippen LogP contribution in [0.25, 0.3) is 28.2 Å². The fourth-order valence-corrected chi connectivity index (χ4v) is 9.57. The summed E-state index contributed by atoms with van der Waals surface area (Å²) in [4.78, 5) is 25.3. The molecule has 0 radical (unpaired) electrons. The molecular weight excluding hydrogens is 827 g/mol. The number of nitrogens with zero attached hydrogens (tertiary/aromatic N) is 7. The molecule has 2 unspecified atom stereocenters. The van der Waals surface area contributed by atoms with Crippen molar-refractivity contribution >= 4 is 49.5 Å². The van der Waals surface area contributed by atoms with Gasteiger partial charge in [-0.15, -0.1) is 0 Å². The minimum Gasteiger partial charge on any atom is -0.479 e. The molecule has 4 aromatic heterocycles. The highest BCUT2D eigenvalue weighted by Crippen LogP contribution is 2.49. The van der Waals surface area contributed by atoms with Gasteiger partial charge >= 0.3 is 5.97 Å². The van der Waals surface area contributed by atoms with Crippen LogP contribution in [0.5, 0.6) is 0 Å². The zero-order chi connectivity index (χ0) is 41.5. The van der Waals surface area contributed by atoms with Crippen LogP contribution in [-0.4, -0.2) is 122 Å². The summed E-state index contributed by atoms with van der Waals surface area (Å²) in [5.74, 6) is -0.851. The number of halogens is 1. The van der Waals surface area contributed by atoms with Gasteiger partial charge in [0, 0.05) is 86.0 Å². The highest BCUT2D eigenvalue weighted by Gasteiger charge is 2.53. The smallest absolute Gasteiger partial charge is 0.336 e. The summed E-state index contributed by atoms with van der Waals surface area (Å²) in [5, 5.41) is 20.2. The Morgan fingerprint density at radius 2 is 1.68 bits per heavy atom. The highest BCUT2D eigenvalue weighted by atomic mass is 79.9. The van der Waals surface area contributed by atoms with Crippen LogP contribution in [0, 0.1) is 5.92 Å². The third-order valence-corrected chi connectivity index (χ3v) is 14.9. The number of fused-ring (bicyclic) bond motifs is 1. The van der Waals surface area contributed by atoms with Crippen LogP contribution in [0.1, 0.15) is 37.8 Å². The van der Waals surface area contributed by atoms with Crippen molar-refractivity contribution in [3.8, 4) is 22.5 Å². The molecule has 0 saturated heterocycles. The Labute approximate surface area is 347 Å². The van der Waals surface area contributed by atoms with Gasteiger partial charge in [-0.3, -0.25) is 9.67 Å². The van der Waals surface area contributed by atoms with Crippen molar-refractivity contribution in [3.63, 3.8) is 0 Å². The molecule has 14 nitrogen and oxygen atoms in total. The molecule has 0 amide bonds. The van der Waals surface area contributed by atoms with Gasteiger partial charge in [-0.2, -0.15) is 14.7 Å². The lowest BCUT2D eigenvalue weighted by atomic mass is 9.67. The molecule has 1 saturated carbocycles. The van der Waals surface area contributed by atoms with Gasteiger partial charge in [0.2, 0.25) is 0 Å². The number of pyridine rings is 1. The normalized spacial score (nSPS) is 19.6. The monoisotopic (exact) mass is 887 g/mol. The van der Waals surface area contributed by atoms with Crippen LogP contribution in [0.2, 0.25) is 51.4 Å². The zero-order valence-corrected chi connectivity index (χ0v) is 39.0. The van der Waals surface area contributed by atoms with E-state index >= 15 is 0 Å². The van der Waals surface area contributed by atoms with Gasteiger partial charge in [0.05, 0.1) is 41.4 Å². The van der Waals surface area contributed by atoms with Crippen LogP contribution in [0.3, 0.4) is 0 Å². The highest BCUT2D eigenvalue weighted by molar-refractivity contribution is 9.10. The number of hydrogen-bond acceptors (Lipinski definition) is 11. The lowest BCUT2D eigenvalue weighted by Crippen LogP contribution is -2.55. The molecule has 0 spiro atoms. The summed E-state index contributed by atoms with van der Waals surface area (Å²) in [6, 6.07) is 7.97. The van der Waals surface area contributed by atoms with E-state index in [1.165, 1.54) is 0 Å². The Morgan fingerprint density at radius 3 is 2.23 bits per heavy atom. The van der Waals surface area contributed by atoms with E-state index in [1.54, 1.807) is 18.9 Å². The summed E-state index contributed by atoms with van der Waals surface area (Å²) < 4.78 is 34.5. The maximum Gasteiger partial charge on any atom is 0.336 e. The summed E-state index contributed by atoms with van der Waals surface area (Å²) in [5.41, 5.74) is 3.22. The van der Waals surface area contributed by atoms with Crippen LogP contribution in [0.15, 0.2) is 41.3 Å². The maximum atomic E-state index is 13.1. The Kier molecular flexibility index (Phi) is 15.3. The van der Waals surface area contributed by atoms with Crippen molar-refractivity contribution in [1.29, 1.82) is 0 Å². The van der Waals surface area contributed by atoms with Gasteiger partial charge in [0.15, 0.2) is 17.1 Å². The molecule has 1 N–H and O–H groups in total. The van der Waals surface area contributed by atoms with Crippen LogP contribution >= 0.6 is 15.9 Å². The molecule has 57 heavy (non-hydrogen) atoms. The van der Waals surface area contributed by atoms with E-state index in [0.29, 0.717) is 31.7 Å². The average Bonchev–Trinajstić information content (AvgIpc) is 3.79. The second-order valence-electron chi connectivity index (χ2n) is 17.5. The molecule has 4 aromatic rings. The second kappa shape index (κ2) is 19.4. The number of carbonyl (C=O) groups is 1. The second-order valence-corrected chi connectivity index (χ2v) is 29.6. The standard InChI is InChI=1S/C40H62BrN7O7Si2/c1-28(52-4)32-23-29(13-15-40(32,39(49)50)55-18-17-51-3)36-35(41)38(47(26-53-19-21-56(5,6)7)27-54-20-22-57(8,9)10)48-37(44-36)31(25-43-48)30-11-12-33(42-24-30)34-14-16-46(2)45-34/h11-12,14,16,24-25,28-29,32H,13,15,17-23,26-27H2,1-10H3,(H,49,50)/t28?,29-,32?,40-/m1/s1. The molecule has 1 aliphatic carbocycles. The molecule has 314 valence electrons. The zero-order valence-electron chi connectivity index (χ0n) is 35.4. The first-order valence-corrected chi connectivity index (χ1v) is 28.0. The maximum absolute atomic E-state index is 13.1. The number of carboxylic acids is 1. The molecule has 0 bridgehead atoms. The number of rotatable bonds is 21. The van der Waals surface area contributed by atoms with E-state index in [4.69, 9.17) is 38.8 Å². The fraction of sp³-hybridized carbons (Fsp3) is 0.625. The molecule has 0 aromatic carbocycles. The molecule has 0 aliphatic heterocycles. The average molecular weight is 889 g/mol. The fourth-order valence-electron chi connectivity index (χ4n) is 7.23. The molecule has 17 heteroatoms. The predicted octanol–water partition coefficient (Wildman–Crippen LogP) is 7.79. The van der Waals surface area contributed by atoms with Gasteiger partial charge in [0.25, 0.3) is 0 Å². The van der Waals surface area contributed by atoms with Gasteiger partial charge in [0.1, 0.15) is 19.2 Å². The third-order valence-electron chi connectivity index (χ3n) is 10.8. The number of aromatic nitrogens is 6. The van der Waals surface area contributed by atoms with Gasteiger partial charge in [-0.25, -0.2) is 9.78 Å². The van der Waals surface area contributed by atoms with Gasteiger partial charge in [-0.1, -0.05) is 45.3 Å². The number of methoxy groups -OCH3 is 2. The van der Waals surface area contributed by atoms with E-state index in [0.717, 1.165) is 50.6 Å². The van der Waals surface area contributed by atoms with Crippen LogP contribution in [-0.2, 0) is 35.5 Å². The Balaban J connectivity index is 1.62. The first-order chi connectivity index (χ1) is 27.0. The van der Waals surface area contributed by atoms with Crippen molar-refractivity contribution in [1.82, 2.24) is 29.4 Å². The van der Waals surface area contributed by atoms with Crippen molar-refractivity contribution in [2.75, 3.05) is 59.0 Å². The van der Waals surface area contributed by atoms with Gasteiger partial charge in [-0.05, 0) is 66.3 Å². The van der Waals surface area contributed by atoms with E-state index < -0.39 is 39.7 Å². The number of carboxylic acid groups (broad SMARTS) is 1. The van der Waals surface area contributed by atoms with Crippen molar-refractivity contribution in [3.05, 3.63) is 47.0 Å². The van der Waals surface area contributed by atoms with E-state index in [1.807, 2.05) is 55.3 Å². The topological polar surface area (TPSA) is 148 Å². The largest absolute Gasteiger partial charge is 0.479 e. The van der Waals surface area contributed by atoms with E-state index in [2.05, 4.69) is 65.2 Å². The lowest BCUT2D eigenvalue weighted by Gasteiger charge is -2.45. The Morgan fingerprint density at radius 1 is 1.00 bits per heavy atom. The third kappa shape index (κ3) is 11.2. The van der Waals surface area contributed by atoms with E-state index in [9.17, 15) is 9.90 Å². The number of anilines is 1. The molecule has 1 aliphatic rings. The number of hydrogen-bond donors (Lipinski definition) is 1. The molecule has 1 fully saturated rings. The van der Waals surface area contributed by atoms with Crippen molar-refractivity contribution in [2.24, 2.45) is 13.0 Å². The molecule has 4 atom stereocenters. The summed E-state index contributed by atoms with van der Waals surface area (Å²) in [6.45, 7) is 18.3. The van der Waals surface area contributed by atoms with Crippen LogP contribution in [0.4, 0.5) is 5.82 Å². The van der Waals surface area contributed by atoms with Crippen molar-refractivity contribution < 1.29 is 33.6 Å². The van der Waals surface area contributed by atoms with E-state index in [-0.39, 0.29) is 39.0 Å². The number of ether oxygens (including phenoxy) is 5. The number of aryl methyl sites for hydroxylation is 1. The number of aliphatic carboxylic acids is 1. The lowest BCUT2D eigenvalue weighted by molar-refractivity contribution is -0.193. The minimum absolute atomic E-state index is 0.140. The molecule has 4 heterocycles. The summed E-state index contributed by atoms with van der Waals surface area (Å²) in [7, 11) is 2.39. The van der Waals surface area contributed by atoms with Crippen LogP contribution < -0.4 is 4.90 Å². The Bertz CT molecular complexity index is 1910. The SMILES string of the molecule is COCCO[C@]1(C(=O)O)CC[C@@H](c2nc3c(-c4ccc(-c5ccn(C)n5)nc4)cnn3c(N(COCC[Si](C)(C)C)COCC[Si](C)(C)C)c2Br)CC1C(C)OC. The Hall–Kier alpha value is -3.04. The quantitative estimate of drug-likeness (QED) is 0.0495. The van der Waals surface area contributed by atoms with Gasteiger partial charge < -0.3 is 33.7 Å². The minimum atomic E-state index is -1.44.